The molecule has 6 heteroatoms. The minimum Gasteiger partial charge on any atom is -0.377 e. The van der Waals surface area contributed by atoms with Crippen molar-refractivity contribution in [3.63, 3.8) is 0 Å². The predicted molar refractivity (Wildman–Crippen MR) is 86.4 cm³/mol. The number of nitrogens with one attached hydrogen (secondary N) is 1. The molecule has 0 radical (unpaired) electrons. The van der Waals surface area contributed by atoms with Gasteiger partial charge in [0.1, 0.15) is 0 Å². The van der Waals surface area contributed by atoms with Crippen molar-refractivity contribution in [2.75, 3.05) is 32.9 Å². The third-order valence-corrected chi connectivity index (χ3v) is 5.23. The largest absolute Gasteiger partial charge is 0.377 e. The highest BCUT2D eigenvalue weighted by Gasteiger charge is 2.32. The first-order chi connectivity index (χ1) is 10.8. The number of rotatable bonds is 5. The van der Waals surface area contributed by atoms with E-state index in [1.165, 1.54) is 11.3 Å². The van der Waals surface area contributed by atoms with Crippen molar-refractivity contribution in [3.8, 4) is 0 Å². The van der Waals surface area contributed by atoms with Gasteiger partial charge in [-0.3, -0.25) is 4.79 Å². The topological polar surface area (TPSA) is 50.8 Å². The van der Waals surface area contributed by atoms with E-state index < -0.39 is 0 Å². The molecule has 2 saturated heterocycles. The Morgan fingerprint density at radius 2 is 2.27 bits per heavy atom. The van der Waals surface area contributed by atoms with Crippen LogP contribution in [0.4, 0.5) is 0 Å². The Balaban J connectivity index is 1.46. The highest BCUT2D eigenvalue weighted by molar-refractivity contribution is 7.12. The van der Waals surface area contributed by atoms with Crippen LogP contribution in [0.25, 0.3) is 0 Å². The van der Waals surface area contributed by atoms with Crippen LogP contribution in [0.15, 0.2) is 17.5 Å². The third kappa shape index (κ3) is 3.68. The van der Waals surface area contributed by atoms with Gasteiger partial charge < -0.3 is 19.7 Å². The fourth-order valence-corrected chi connectivity index (χ4v) is 3.87. The summed E-state index contributed by atoms with van der Waals surface area (Å²) in [5, 5.41) is 5.62. The van der Waals surface area contributed by atoms with E-state index in [-0.39, 0.29) is 18.1 Å². The van der Waals surface area contributed by atoms with Crippen LogP contribution in [0, 0.1) is 0 Å². The molecule has 3 heterocycles. The molecule has 22 heavy (non-hydrogen) atoms. The summed E-state index contributed by atoms with van der Waals surface area (Å²) in [7, 11) is 0. The SMILES string of the molecule is CCO[C@H]1COC[C@@H]1NC1CCN(C(=O)c2cccs2)CC1. The molecule has 2 fully saturated rings. The van der Waals surface area contributed by atoms with Gasteiger partial charge in [-0.2, -0.15) is 0 Å². The first-order valence-electron chi connectivity index (χ1n) is 8.06. The second-order valence-electron chi connectivity index (χ2n) is 5.85. The van der Waals surface area contributed by atoms with Crippen LogP contribution in [-0.2, 0) is 9.47 Å². The molecule has 3 rings (SSSR count). The van der Waals surface area contributed by atoms with E-state index >= 15 is 0 Å². The second kappa shape index (κ2) is 7.55. The number of piperidine rings is 1. The number of hydrogen-bond acceptors (Lipinski definition) is 5. The Morgan fingerprint density at radius 3 is 2.95 bits per heavy atom. The molecule has 0 aromatic carbocycles. The first kappa shape index (κ1) is 15.9. The van der Waals surface area contributed by atoms with Crippen LogP contribution in [-0.4, -0.2) is 61.9 Å². The lowest BCUT2D eigenvalue weighted by Crippen LogP contribution is -2.51. The highest BCUT2D eigenvalue weighted by Crippen LogP contribution is 2.19. The summed E-state index contributed by atoms with van der Waals surface area (Å²) in [6.45, 7) is 5.78. The van der Waals surface area contributed by atoms with Crippen LogP contribution < -0.4 is 5.32 Å². The Morgan fingerprint density at radius 1 is 1.45 bits per heavy atom. The summed E-state index contributed by atoms with van der Waals surface area (Å²) < 4.78 is 11.2. The molecule has 2 atom stereocenters. The number of carbonyl (C=O) groups is 1. The Labute approximate surface area is 135 Å². The summed E-state index contributed by atoms with van der Waals surface area (Å²) in [5.74, 6) is 0.171. The van der Waals surface area contributed by atoms with Gasteiger partial charge in [0.05, 0.1) is 30.2 Å². The third-order valence-electron chi connectivity index (χ3n) is 4.37. The molecule has 1 aromatic heterocycles. The minimum atomic E-state index is 0.163. The van der Waals surface area contributed by atoms with Crippen molar-refractivity contribution in [1.82, 2.24) is 10.2 Å². The zero-order valence-corrected chi connectivity index (χ0v) is 13.8. The average molecular weight is 324 g/mol. The van der Waals surface area contributed by atoms with Gasteiger partial charge in [0, 0.05) is 25.7 Å². The van der Waals surface area contributed by atoms with Gasteiger partial charge in [-0.1, -0.05) is 6.07 Å². The lowest BCUT2D eigenvalue weighted by Gasteiger charge is -2.34. The summed E-state index contributed by atoms with van der Waals surface area (Å²) >= 11 is 1.52. The Bertz CT molecular complexity index is 472. The number of nitrogens with zero attached hydrogens (tertiary/aromatic N) is 1. The molecule has 122 valence electrons. The standard InChI is InChI=1S/C16H24N2O3S/c1-2-21-14-11-20-10-13(14)17-12-5-7-18(8-6-12)16(19)15-4-3-9-22-15/h3-4,9,12-14,17H,2,5-8,10-11H2,1H3/t13-,14-/m0/s1. The van der Waals surface area contributed by atoms with Gasteiger partial charge in [0.15, 0.2) is 0 Å². The van der Waals surface area contributed by atoms with E-state index in [0.29, 0.717) is 12.6 Å². The summed E-state index contributed by atoms with van der Waals surface area (Å²) in [6.07, 6.45) is 2.15. The van der Waals surface area contributed by atoms with Gasteiger partial charge in [0.2, 0.25) is 0 Å². The molecule has 1 amide bonds. The molecule has 0 unspecified atom stereocenters. The molecule has 0 spiro atoms. The number of hydrogen-bond donors (Lipinski definition) is 1. The van der Waals surface area contributed by atoms with Gasteiger partial charge in [0.25, 0.3) is 5.91 Å². The monoisotopic (exact) mass is 324 g/mol. The molecule has 0 aliphatic carbocycles. The predicted octanol–water partition coefficient (Wildman–Crippen LogP) is 1.75. The highest BCUT2D eigenvalue weighted by atomic mass is 32.1. The van der Waals surface area contributed by atoms with Crippen LogP contribution in [0.5, 0.6) is 0 Å². The van der Waals surface area contributed by atoms with Gasteiger partial charge >= 0.3 is 0 Å². The molecular weight excluding hydrogens is 300 g/mol. The smallest absolute Gasteiger partial charge is 0.263 e. The van der Waals surface area contributed by atoms with Crippen molar-refractivity contribution < 1.29 is 14.3 Å². The number of thiophene rings is 1. The van der Waals surface area contributed by atoms with Crippen LogP contribution in [0.1, 0.15) is 29.4 Å². The quantitative estimate of drug-likeness (QED) is 0.896. The summed E-state index contributed by atoms with van der Waals surface area (Å²) in [6, 6.07) is 4.56. The van der Waals surface area contributed by atoms with Gasteiger partial charge in [-0.15, -0.1) is 11.3 Å². The minimum absolute atomic E-state index is 0.163. The molecule has 5 nitrogen and oxygen atoms in total. The first-order valence-corrected chi connectivity index (χ1v) is 8.94. The van der Waals surface area contributed by atoms with Crippen LogP contribution in [0.3, 0.4) is 0 Å². The van der Waals surface area contributed by atoms with E-state index in [0.717, 1.165) is 44.0 Å². The Hall–Kier alpha value is -0.950. The van der Waals surface area contributed by atoms with E-state index in [1.54, 1.807) is 0 Å². The van der Waals surface area contributed by atoms with E-state index in [9.17, 15) is 4.79 Å². The fourth-order valence-electron chi connectivity index (χ4n) is 3.18. The molecule has 2 aliphatic heterocycles. The normalized spacial score (nSPS) is 26.5. The lowest BCUT2D eigenvalue weighted by molar-refractivity contribution is 0.0376. The number of carbonyl (C=O) groups excluding carboxylic acids is 1. The van der Waals surface area contributed by atoms with Crippen LogP contribution in [0.2, 0.25) is 0 Å². The van der Waals surface area contributed by atoms with Crippen molar-refractivity contribution in [2.45, 2.75) is 38.0 Å². The zero-order chi connectivity index (χ0) is 15.4. The number of ether oxygens (including phenoxy) is 2. The Kier molecular flexibility index (Phi) is 5.46. The van der Waals surface area contributed by atoms with Crippen molar-refractivity contribution >= 4 is 17.2 Å². The number of likely N-dealkylation sites (tertiary alicyclic amines) is 1. The molecule has 0 saturated carbocycles. The molecular formula is C16H24N2O3S. The lowest BCUT2D eigenvalue weighted by atomic mass is 10.0. The van der Waals surface area contributed by atoms with Gasteiger partial charge in [-0.05, 0) is 31.2 Å². The maximum atomic E-state index is 12.3. The maximum Gasteiger partial charge on any atom is 0.263 e. The fraction of sp³-hybridized carbons (Fsp3) is 0.688. The van der Waals surface area contributed by atoms with E-state index in [2.05, 4.69) is 5.32 Å². The van der Waals surface area contributed by atoms with E-state index in [1.807, 2.05) is 29.3 Å². The molecule has 2 aliphatic rings. The van der Waals surface area contributed by atoms with Crippen molar-refractivity contribution in [3.05, 3.63) is 22.4 Å². The molecule has 0 bridgehead atoms. The second-order valence-corrected chi connectivity index (χ2v) is 6.80. The molecule has 1 aromatic rings. The average Bonchev–Trinajstić information content (AvgIpc) is 3.20. The van der Waals surface area contributed by atoms with Crippen molar-refractivity contribution in [2.24, 2.45) is 0 Å². The molecule has 1 N–H and O–H groups in total. The van der Waals surface area contributed by atoms with E-state index in [4.69, 9.17) is 9.47 Å². The maximum absolute atomic E-state index is 12.3. The number of amides is 1. The van der Waals surface area contributed by atoms with Gasteiger partial charge in [-0.25, -0.2) is 0 Å². The zero-order valence-electron chi connectivity index (χ0n) is 13.0. The summed E-state index contributed by atoms with van der Waals surface area (Å²) in [4.78, 5) is 15.1. The summed E-state index contributed by atoms with van der Waals surface area (Å²) in [5.41, 5.74) is 0. The van der Waals surface area contributed by atoms with Crippen LogP contribution >= 0.6 is 11.3 Å². The van der Waals surface area contributed by atoms with Crippen molar-refractivity contribution in [1.29, 1.82) is 0 Å².